The minimum Gasteiger partial charge on any atom is -0.480 e. The topological polar surface area (TPSA) is 66.4 Å². The summed E-state index contributed by atoms with van der Waals surface area (Å²) < 4.78 is 0.718. The monoisotopic (exact) mass is 273 g/mol. The van der Waals surface area contributed by atoms with Crippen molar-refractivity contribution in [2.45, 2.75) is 19.3 Å². The molecule has 2 N–H and O–H groups in total. The van der Waals surface area contributed by atoms with Crippen LogP contribution < -0.4 is 5.32 Å². The Bertz CT molecular complexity index is 453. The smallest absolute Gasteiger partial charge is 0.319 e. The summed E-state index contributed by atoms with van der Waals surface area (Å²) in [5.41, 5.74) is -1.15. The normalized spacial score (nSPS) is 16.5. The molecule has 1 aromatic rings. The van der Waals surface area contributed by atoms with Crippen molar-refractivity contribution in [3.8, 4) is 0 Å². The fraction of sp³-hybridized carbons (Fsp3) is 0.455. The molecule has 17 heavy (non-hydrogen) atoms. The number of carboxylic acid groups (broad SMARTS) is 1. The Kier molecular flexibility index (Phi) is 3.40. The molecule has 0 atom stereocenters. The molecule has 4 nitrogen and oxygen atoms in total. The lowest BCUT2D eigenvalue weighted by molar-refractivity contribution is -0.149. The largest absolute Gasteiger partial charge is 0.480 e. The van der Waals surface area contributed by atoms with E-state index in [1.54, 1.807) is 0 Å². The summed E-state index contributed by atoms with van der Waals surface area (Å²) >= 11 is 7.25. The zero-order valence-corrected chi connectivity index (χ0v) is 10.6. The highest BCUT2D eigenvalue weighted by atomic mass is 35.5. The molecule has 1 aliphatic carbocycles. The van der Waals surface area contributed by atoms with Crippen LogP contribution in [-0.4, -0.2) is 23.5 Å². The molecule has 1 aliphatic rings. The molecule has 0 spiro atoms. The summed E-state index contributed by atoms with van der Waals surface area (Å²) in [6.07, 6.45) is 1.57. The molecule has 1 amide bonds. The number of carbonyl (C=O) groups excluding carboxylic acids is 1. The van der Waals surface area contributed by atoms with Gasteiger partial charge in [-0.25, -0.2) is 0 Å². The van der Waals surface area contributed by atoms with E-state index in [2.05, 4.69) is 5.32 Å². The van der Waals surface area contributed by atoms with Gasteiger partial charge in [-0.05, 0) is 31.4 Å². The van der Waals surface area contributed by atoms with Crippen LogP contribution in [-0.2, 0) is 16.0 Å². The van der Waals surface area contributed by atoms with Gasteiger partial charge in [0.2, 0.25) is 5.91 Å². The second-order valence-electron chi connectivity index (χ2n) is 4.10. The van der Waals surface area contributed by atoms with Gasteiger partial charge in [0, 0.05) is 11.4 Å². The zero-order valence-electron chi connectivity index (χ0n) is 9.03. The van der Waals surface area contributed by atoms with Crippen molar-refractivity contribution < 1.29 is 14.7 Å². The van der Waals surface area contributed by atoms with Gasteiger partial charge in [-0.3, -0.25) is 9.59 Å². The fourth-order valence-electron chi connectivity index (χ4n) is 1.62. The Labute approximate surface area is 108 Å². The van der Waals surface area contributed by atoms with Crippen LogP contribution in [0.15, 0.2) is 12.1 Å². The molecule has 1 saturated carbocycles. The molecule has 0 aliphatic heterocycles. The predicted octanol–water partition coefficient (Wildman–Crippen LogP) is 1.93. The molecule has 1 fully saturated rings. The molecule has 6 heteroatoms. The van der Waals surface area contributed by atoms with Gasteiger partial charge in [0.1, 0.15) is 5.41 Å². The van der Waals surface area contributed by atoms with Crippen molar-refractivity contribution in [3.63, 3.8) is 0 Å². The quantitative estimate of drug-likeness (QED) is 0.806. The number of hydrogen-bond acceptors (Lipinski definition) is 3. The molecule has 92 valence electrons. The lowest BCUT2D eigenvalue weighted by Gasteiger charge is -2.09. The molecule has 0 unspecified atom stereocenters. The van der Waals surface area contributed by atoms with Crippen LogP contribution >= 0.6 is 22.9 Å². The van der Waals surface area contributed by atoms with Crippen LogP contribution in [0.4, 0.5) is 0 Å². The minimum absolute atomic E-state index is 0.368. The van der Waals surface area contributed by atoms with Crippen molar-refractivity contribution in [2.24, 2.45) is 5.41 Å². The van der Waals surface area contributed by atoms with Crippen molar-refractivity contribution >= 4 is 34.8 Å². The lowest BCUT2D eigenvalue weighted by atomic mass is 10.1. The summed E-state index contributed by atoms with van der Waals surface area (Å²) in [5.74, 6) is -1.39. The molecular formula is C11H12ClNO3S. The first kappa shape index (κ1) is 12.4. The summed E-state index contributed by atoms with van der Waals surface area (Å²) in [6.45, 7) is 0.449. The van der Waals surface area contributed by atoms with E-state index >= 15 is 0 Å². The first-order chi connectivity index (χ1) is 8.04. The van der Waals surface area contributed by atoms with E-state index in [-0.39, 0.29) is 5.91 Å². The maximum Gasteiger partial charge on any atom is 0.319 e. The zero-order chi connectivity index (χ0) is 12.5. The number of aliphatic carboxylic acids is 1. The molecular weight excluding hydrogens is 262 g/mol. The molecule has 1 aromatic heterocycles. The van der Waals surface area contributed by atoms with E-state index in [4.69, 9.17) is 16.7 Å². The number of rotatable bonds is 5. The highest BCUT2D eigenvalue weighted by molar-refractivity contribution is 7.16. The third-order valence-electron chi connectivity index (χ3n) is 2.88. The average Bonchev–Trinajstić information content (AvgIpc) is 2.99. The van der Waals surface area contributed by atoms with Gasteiger partial charge in [-0.15, -0.1) is 11.3 Å². The van der Waals surface area contributed by atoms with Crippen LogP contribution in [0.25, 0.3) is 0 Å². The Balaban J connectivity index is 1.79. The van der Waals surface area contributed by atoms with E-state index in [1.807, 2.05) is 12.1 Å². The van der Waals surface area contributed by atoms with E-state index in [0.29, 0.717) is 25.8 Å². The second kappa shape index (κ2) is 4.66. The van der Waals surface area contributed by atoms with Gasteiger partial charge < -0.3 is 10.4 Å². The van der Waals surface area contributed by atoms with E-state index in [1.165, 1.54) is 11.3 Å². The maximum atomic E-state index is 11.6. The molecule has 2 rings (SSSR count). The van der Waals surface area contributed by atoms with Crippen LogP contribution in [0.3, 0.4) is 0 Å². The third-order valence-corrected chi connectivity index (χ3v) is 4.17. The lowest BCUT2D eigenvalue weighted by Crippen LogP contribution is -2.37. The summed E-state index contributed by atoms with van der Waals surface area (Å²) in [4.78, 5) is 23.6. The van der Waals surface area contributed by atoms with Gasteiger partial charge >= 0.3 is 5.97 Å². The Morgan fingerprint density at radius 3 is 2.65 bits per heavy atom. The highest BCUT2D eigenvalue weighted by Gasteiger charge is 2.56. The number of thiophene rings is 1. The van der Waals surface area contributed by atoms with E-state index in [0.717, 1.165) is 9.21 Å². The molecule has 0 saturated heterocycles. The Morgan fingerprint density at radius 2 is 2.18 bits per heavy atom. The van der Waals surface area contributed by atoms with Crippen molar-refractivity contribution in [1.29, 1.82) is 0 Å². The number of amides is 1. The molecule has 0 bridgehead atoms. The van der Waals surface area contributed by atoms with Gasteiger partial charge in [0.25, 0.3) is 0 Å². The number of halogens is 1. The van der Waals surface area contributed by atoms with E-state index in [9.17, 15) is 9.59 Å². The van der Waals surface area contributed by atoms with Crippen molar-refractivity contribution in [2.75, 3.05) is 6.54 Å². The highest BCUT2D eigenvalue weighted by Crippen LogP contribution is 2.46. The van der Waals surface area contributed by atoms with Gasteiger partial charge in [0.05, 0.1) is 4.34 Å². The SMILES string of the molecule is O=C(O)C1(C(=O)NCCc2ccc(Cl)s2)CC1. The van der Waals surface area contributed by atoms with E-state index < -0.39 is 11.4 Å². The fourth-order valence-corrected chi connectivity index (χ4v) is 2.70. The Hall–Kier alpha value is -1.07. The van der Waals surface area contributed by atoms with Crippen LogP contribution in [0.5, 0.6) is 0 Å². The number of hydrogen-bond donors (Lipinski definition) is 2. The van der Waals surface area contributed by atoms with Crippen molar-refractivity contribution in [1.82, 2.24) is 5.32 Å². The first-order valence-electron chi connectivity index (χ1n) is 5.30. The first-order valence-corrected chi connectivity index (χ1v) is 6.50. The third kappa shape index (κ3) is 2.61. The summed E-state index contributed by atoms with van der Waals surface area (Å²) in [5, 5.41) is 11.6. The number of carbonyl (C=O) groups is 2. The standard InChI is InChI=1S/C11H12ClNO3S/c12-8-2-1-7(17-8)3-6-13-9(14)11(4-5-11)10(15)16/h1-2H,3-6H2,(H,13,14)(H,15,16). The Morgan fingerprint density at radius 1 is 1.47 bits per heavy atom. The minimum atomic E-state index is -1.15. The van der Waals surface area contributed by atoms with Gasteiger partial charge in [-0.1, -0.05) is 11.6 Å². The maximum absolute atomic E-state index is 11.6. The molecule has 0 radical (unpaired) electrons. The second-order valence-corrected chi connectivity index (χ2v) is 5.90. The van der Waals surface area contributed by atoms with Crippen LogP contribution in [0, 0.1) is 5.41 Å². The average molecular weight is 274 g/mol. The van der Waals surface area contributed by atoms with Crippen LogP contribution in [0.2, 0.25) is 4.34 Å². The summed E-state index contributed by atoms with van der Waals surface area (Å²) in [6, 6.07) is 3.71. The van der Waals surface area contributed by atoms with Crippen LogP contribution in [0.1, 0.15) is 17.7 Å². The van der Waals surface area contributed by atoms with Crippen molar-refractivity contribution in [3.05, 3.63) is 21.3 Å². The number of nitrogens with one attached hydrogen (secondary N) is 1. The predicted molar refractivity (Wildman–Crippen MR) is 65.3 cm³/mol. The van der Waals surface area contributed by atoms with Gasteiger partial charge in [0.15, 0.2) is 0 Å². The van der Waals surface area contributed by atoms with Gasteiger partial charge in [-0.2, -0.15) is 0 Å². The summed E-state index contributed by atoms with van der Waals surface area (Å²) in [7, 11) is 0. The number of carboxylic acids is 1. The molecule has 0 aromatic carbocycles. The molecule has 1 heterocycles.